The van der Waals surface area contributed by atoms with E-state index in [0.29, 0.717) is 12.8 Å². The third kappa shape index (κ3) is 6.25. The molecule has 0 radical (unpaired) electrons. The molecule has 0 spiro atoms. The average molecular weight is 258 g/mol. The molecule has 16 heavy (non-hydrogen) atoms. The van der Waals surface area contributed by atoms with Crippen molar-refractivity contribution in [3.05, 3.63) is 0 Å². The molecule has 0 aromatic rings. The van der Waals surface area contributed by atoms with Crippen LogP contribution in [0.2, 0.25) is 0 Å². The quantitative estimate of drug-likeness (QED) is 0.210. The van der Waals surface area contributed by atoms with Crippen LogP contribution in [0.5, 0.6) is 0 Å². The maximum atomic E-state index is 11.7. The molecule has 0 amide bonds. The molecule has 0 aliphatic carbocycles. The first kappa shape index (κ1) is 18.0. The van der Waals surface area contributed by atoms with Crippen molar-refractivity contribution in [2.45, 2.75) is 25.3 Å². The van der Waals surface area contributed by atoms with Gasteiger partial charge in [0.15, 0.2) is 0 Å². The number of unbranched alkanes of at least 4 members (excludes halogenated alkanes) is 1. The first-order valence-corrected chi connectivity index (χ1v) is 5.29. The summed E-state index contributed by atoms with van der Waals surface area (Å²) in [5.74, 6) is 0. The van der Waals surface area contributed by atoms with E-state index in [0.717, 1.165) is 0 Å². The minimum absolute atomic E-state index is 0. The maximum absolute atomic E-state index is 11.7. The summed E-state index contributed by atoms with van der Waals surface area (Å²) in [7, 11) is -5.91. The zero-order valence-corrected chi connectivity index (χ0v) is 9.52. The van der Waals surface area contributed by atoms with Gasteiger partial charge >= 0.3 is 40.6 Å². The van der Waals surface area contributed by atoms with Gasteiger partial charge in [0.1, 0.15) is 0 Å². The Bertz CT molecular complexity index is 318. The summed E-state index contributed by atoms with van der Waals surface area (Å²) >= 11 is 0. The molecule has 0 aliphatic rings. The summed E-state index contributed by atoms with van der Waals surface area (Å²) in [5, 5.41) is 0. The standard InChI is InChI=1S/C6H9F3O5S.Li.H/c1-2-3-4-13-5(10)14-15(11,12)6(7,8)9;;/h2-4H2,1H3;;/q;+1;-1. The molecule has 92 valence electrons. The van der Waals surface area contributed by atoms with Crippen molar-refractivity contribution < 1.29 is 55.6 Å². The van der Waals surface area contributed by atoms with E-state index in [1.54, 1.807) is 6.92 Å². The zero-order chi connectivity index (χ0) is 12.1. The molecule has 0 heterocycles. The Morgan fingerprint density at radius 2 is 1.88 bits per heavy atom. The first-order chi connectivity index (χ1) is 6.70. The fraction of sp³-hybridized carbons (Fsp3) is 0.833. The molecular weight excluding hydrogens is 248 g/mol. The zero-order valence-electron chi connectivity index (χ0n) is 9.70. The Kier molecular flexibility index (Phi) is 7.91. The van der Waals surface area contributed by atoms with E-state index in [2.05, 4.69) is 8.92 Å². The number of carbonyl (C=O) groups is 1. The summed E-state index contributed by atoms with van der Waals surface area (Å²) in [4.78, 5) is 10.5. The molecule has 0 fully saturated rings. The van der Waals surface area contributed by atoms with Crippen LogP contribution in [0.1, 0.15) is 21.2 Å². The van der Waals surface area contributed by atoms with Crippen LogP contribution in [0.15, 0.2) is 0 Å². The molecule has 5 nitrogen and oxygen atoms in total. The van der Waals surface area contributed by atoms with E-state index < -0.39 is 21.8 Å². The average Bonchev–Trinajstić information content (AvgIpc) is 2.01. The van der Waals surface area contributed by atoms with Gasteiger partial charge in [0, 0.05) is 0 Å². The Morgan fingerprint density at radius 1 is 1.38 bits per heavy atom. The Morgan fingerprint density at radius 3 is 2.25 bits per heavy atom. The van der Waals surface area contributed by atoms with Crippen molar-refractivity contribution in [1.82, 2.24) is 0 Å². The van der Waals surface area contributed by atoms with Crippen LogP contribution in [-0.2, 0) is 19.0 Å². The second kappa shape index (κ2) is 7.04. The number of alkyl halides is 3. The van der Waals surface area contributed by atoms with Crippen LogP contribution >= 0.6 is 0 Å². The number of ether oxygens (including phenoxy) is 1. The van der Waals surface area contributed by atoms with Gasteiger partial charge < -0.3 is 10.3 Å². The number of halogens is 3. The van der Waals surface area contributed by atoms with E-state index in [4.69, 9.17) is 0 Å². The minimum Gasteiger partial charge on any atom is -1.00 e. The fourth-order valence-electron chi connectivity index (χ4n) is 0.461. The molecular formula is C6H10F3LiO5S. The number of hydrogen-bond donors (Lipinski definition) is 0. The molecule has 0 unspecified atom stereocenters. The van der Waals surface area contributed by atoms with Crippen LogP contribution in [0, 0.1) is 0 Å². The number of carbonyl (C=O) groups excluding carboxylic acids is 1. The van der Waals surface area contributed by atoms with Crippen molar-refractivity contribution in [2.24, 2.45) is 0 Å². The van der Waals surface area contributed by atoms with E-state index in [1.807, 2.05) is 0 Å². The van der Waals surface area contributed by atoms with Crippen LogP contribution in [0.4, 0.5) is 18.0 Å². The van der Waals surface area contributed by atoms with Crippen molar-refractivity contribution in [2.75, 3.05) is 6.61 Å². The van der Waals surface area contributed by atoms with Gasteiger partial charge in [-0.1, -0.05) is 13.3 Å². The van der Waals surface area contributed by atoms with E-state index >= 15 is 0 Å². The summed E-state index contributed by atoms with van der Waals surface area (Å²) in [6.07, 6.45) is -0.832. The molecule has 0 aromatic carbocycles. The Labute approximate surface area is 104 Å². The van der Waals surface area contributed by atoms with Gasteiger partial charge in [-0.05, 0) is 6.42 Å². The van der Waals surface area contributed by atoms with Gasteiger partial charge in [0.25, 0.3) is 0 Å². The molecule has 10 heteroatoms. The SMILES string of the molecule is CCCCOC(=O)OS(=O)(=O)C(F)(F)F.[H-].[Li+]. The van der Waals surface area contributed by atoms with Crippen LogP contribution in [0.25, 0.3) is 0 Å². The third-order valence-electron chi connectivity index (χ3n) is 1.18. The summed E-state index contributed by atoms with van der Waals surface area (Å²) in [6, 6.07) is 0. The molecule has 0 bridgehead atoms. The van der Waals surface area contributed by atoms with Gasteiger partial charge in [0.05, 0.1) is 6.61 Å². The Hall–Kier alpha value is -0.393. The normalized spacial score (nSPS) is 11.5. The van der Waals surface area contributed by atoms with Gasteiger partial charge in [-0.2, -0.15) is 21.6 Å². The third-order valence-corrected chi connectivity index (χ3v) is 2.10. The van der Waals surface area contributed by atoms with Gasteiger partial charge in [-0.3, -0.25) is 0 Å². The first-order valence-electron chi connectivity index (χ1n) is 3.88. The molecule has 0 rings (SSSR count). The summed E-state index contributed by atoms with van der Waals surface area (Å²) in [6.45, 7) is 1.56. The second-order valence-electron chi connectivity index (χ2n) is 2.44. The monoisotopic (exact) mass is 258 g/mol. The van der Waals surface area contributed by atoms with E-state index in [9.17, 15) is 26.4 Å². The Balaban J connectivity index is -0.000000980. The van der Waals surface area contributed by atoms with Gasteiger partial charge in [-0.25, -0.2) is 4.79 Å². The molecule has 0 saturated heterocycles. The predicted octanol–water partition coefficient (Wildman–Crippen LogP) is -1.09. The number of hydrogen-bond acceptors (Lipinski definition) is 5. The minimum atomic E-state index is -5.91. The predicted molar refractivity (Wildman–Crippen MR) is 43.4 cm³/mol. The largest absolute Gasteiger partial charge is 1.00 e. The molecule has 0 atom stereocenters. The van der Waals surface area contributed by atoms with E-state index in [1.165, 1.54) is 0 Å². The van der Waals surface area contributed by atoms with Crippen LogP contribution in [-0.4, -0.2) is 26.7 Å². The van der Waals surface area contributed by atoms with Crippen molar-refractivity contribution in [1.29, 1.82) is 0 Å². The molecule has 0 aromatic heterocycles. The van der Waals surface area contributed by atoms with Crippen molar-refractivity contribution in [3.8, 4) is 0 Å². The smallest absolute Gasteiger partial charge is 1.00 e. The summed E-state index contributed by atoms with van der Waals surface area (Å²) in [5.41, 5.74) is -5.63. The van der Waals surface area contributed by atoms with Gasteiger partial charge in [-0.15, -0.1) is 0 Å². The van der Waals surface area contributed by atoms with Crippen LogP contribution in [0.3, 0.4) is 0 Å². The van der Waals surface area contributed by atoms with E-state index in [-0.39, 0.29) is 26.9 Å². The summed E-state index contributed by atoms with van der Waals surface area (Å²) < 4.78 is 62.7. The van der Waals surface area contributed by atoms with Gasteiger partial charge in [0.2, 0.25) is 0 Å². The van der Waals surface area contributed by atoms with Crippen molar-refractivity contribution in [3.63, 3.8) is 0 Å². The molecule has 0 aliphatic heterocycles. The van der Waals surface area contributed by atoms with Crippen LogP contribution < -0.4 is 18.9 Å². The second-order valence-corrected chi connectivity index (χ2v) is 3.97. The molecule has 0 saturated carbocycles. The van der Waals surface area contributed by atoms with Crippen molar-refractivity contribution >= 4 is 16.3 Å². The number of rotatable bonds is 4. The maximum Gasteiger partial charge on any atom is 1.00 e. The fourth-order valence-corrected chi connectivity index (χ4v) is 0.782. The molecule has 0 N–H and O–H groups in total. The topological polar surface area (TPSA) is 69.7 Å².